The third kappa shape index (κ3) is 3.08. The highest BCUT2D eigenvalue weighted by Crippen LogP contribution is 2.58. The molecule has 1 aliphatic heterocycles. The quantitative estimate of drug-likeness (QED) is 0.743. The molecular weight excluding hydrogens is 276 g/mol. The van der Waals surface area contributed by atoms with Gasteiger partial charge in [-0.05, 0) is 36.7 Å². The van der Waals surface area contributed by atoms with E-state index in [4.69, 9.17) is 14.2 Å². The Bertz CT molecular complexity index is 477. The topological polar surface area (TPSA) is 27.7 Å². The first-order valence-electron chi connectivity index (χ1n) is 8.42. The molecule has 3 nitrogen and oxygen atoms in total. The van der Waals surface area contributed by atoms with Crippen molar-refractivity contribution in [2.45, 2.75) is 46.0 Å². The number of benzene rings is 1. The van der Waals surface area contributed by atoms with Crippen molar-refractivity contribution in [2.75, 3.05) is 19.8 Å². The summed E-state index contributed by atoms with van der Waals surface area (Å²) in [5, 5.41) is 0. The highest BCUT2D eigenvalue weighted by molar-refractivity contribution is 5.13. The summed E-state index contributed by atoms with van der Waals surface area (Å²) >= 11 is 0. The van der Waals surface area contributed by atoms with Crippen LogP contribution in [0.3, 0.4) is 0 Å². The molecule has 0 spiro atoms. The molecule has 2 fully saturated rings. The van der Waals surface area contributed by atoms with Crippen molar-refractivity contribution in [2.24, 2.45) is 17.3 Å². The summed E-state index contributed by atoms with van der Waals surface area (Å²) in [5.41, 5.74) is 1.50. The zero-order valence-electron chi connectivity index (χ0n) is 14.0. The average molecular weight is 304 g/mol. The van der Waals surface area contributed by atoms with E-state index in [0.29, 0.717) is 18.4 Å². The lowest BCUT2D eigenvalue weighted by atomic mass is 9.51. The van der Waals surface area contributed by atoms with Gasteiger partial charge in [0.25, 0.3) is 0 Å². The first-order valence-corrected chi connectivity index (χ1v) is 8.42. The lowest BCUT2D eigenvalue weighted by Gasteiger charge is -2.57. The van der Waals surface area contributed by atoms with E-state index in [1.807, 2.05) is 6.07 Å². The van der Waals surface area contributed by atoms with Crippen LogP contribution in [-0.2, 0) is 20.8 Å². The Hall–Kier alpha value is -0.900. The molecule has 3 rings (SSSR count). The number of ether oxygens (including phenoxy) is 3. The summed E-state index contributed by atoms with van der Waals surface area (Å²) < 4.78 is 17.6. The van der Waals surface area contributed by atoms with Crippen molar-refractivity contribution in [1.29, 1.82) is 0 Å². The van der Waals surface area contributed by atoms with E-state index in [-0.39, 0.29) is 11.2 Å². The van der Waals surface area contributed by atoms with Crippen LogP contribution in [0, 0.1) is 17.3 Å². The molecule has 122 valence electrons. The third-order valence-corrected chi connectivity index (χ3v) is 5.69. The van der Waals surface area contributed by atoms with Crippen LogP contribution in [0.1, 0.15) is 39.2 Å². The molecule has 22 heavy (non-hydrogen) atoms. The lowest BCUT2D eigenvalue weighted by Crippen LogP contribution is -2.56. The first-order chi connectivity index (χ1) is 10.5. The zero-order chi connectivity index (χ0) is 15.6. The zero-order valence-corrected chi connectivity index (χ0v) is 14.0. The van der Waals surface area contributed by atoms with Gasteiger partial charge in [-0.2, -0.15) is 0 Å². The molecule has 0 N–H and O–H groups in total. The van der Waals surface area contributed by atoms with Gasteiger partial charge in [-0.1, -0.05) is 44.2 Å². The predicted molar refractivity (Wildman–Crippen MR) is 86.4 cm³/mol. The van der Waals surface area contributed by atoms with Gasteiger partial charge in [0.2, 0.25) is 0 Å². The first kappa shape index (κ1) is 16.0. The molecule has 2 atom stereocenters. The largest absolute Gasteiger partial charge is 0.377 e. The van der Waals surface area contributed by atoms with Gasteiger partial charge in [-0.25, -0.2) is 0 Å². The van der Waals surface area contributed by atoms with Crippen LogP contribution in [0.25, 0.3) is 0 Å². The highest BCUT2D eigenvalue weighted by Gasteiger charge is 2.57. The SMILES string of the molecule is CC1([C@@H]2C[C@H](CCOCc3ccccc3)C2(C)C)OCCO1. The summed E-state index contributed by atoms with van der Waals surface area (Å²) in [6.45, 7) is 9.80. The predicted octanol–water partition coefficient (Wildman–Crippen LogP) is 4.02. The second-order valence-corrected chi connectivity index (χ2v) is 7.35. The van der Waals surface area contributed by atoms with Crippen LogP contribution in [0.15, 0.2) is 30.3 Å². The molecule has 1 saturated heterocycles. The standard InChI is InChI=1S/C19H28O3/c1-18(2)16(13-17(18)19(3)21-11-12-22-19)9-10-20-14-15-7-5-4-6-8-15/h4-8,16-17H,9-14H2,1-3H3/t16-,17+/m0/s1. The smallest absolute Gasteiger partial charge is 0.169 e. The summed E-state index contributed by atoms with van der Waals surface area (Å²) in [6.07, 6.45) is 2.30. The van der Waals surface area contributed by atoms with Crippen molar-refractivity contribution in [3.63, 3.8) is 0 Å². The van der Waals surface area contributed by atoms with E-state index >= 15 is 0 Å². The van der Waals surface area contributed by atoms with Crippen LogP contribution in [0.2, 0.25) is 0 Å². The third-order valence-electron chi connectivity index (χ3n) is 5.69. The number of hydrogen-bond donors (Lipinski definition) is 0. The molecule has 0 bridgehead atoms. The van der Waals surface area contributed by atoms with Crippen molar-refractivity contribution in [3.8, 4) is 0 Å². The van der Waals surface area contributed by atoms with E-state index in [1.165, 1.54) is 12.0 Å². The van der Waals surface area contributed by atoms with Crippen LogP contribution < -0.4 is 0 Å². The molecule has 3 heteroatoms. The molecule has 1 saturated carbocycles. The number of hydrogen-bond acceptors (Lipinski definition) is 3. The Balaban J connectivity index is 1.43. The van der Waals surface area contributed by atoms with E-state index in [1.54, 1.807) is 0 Å². The Morgan fingerprint density at radius 2 is 1.77 bits per heavy atom. The second-order valence-electron chi connectivity index (χ2n) is 7.35. The van der Waals surface area contributed by atoms with Crippen molar-refractivity contribution in [3.05, 3.63) is 35.9 Å². The summed E-state index contributed by atoms with van der Waals surface area (Å²) in [7, 11) is 0. The Morgan fingerprint density at radius 1 is 1.09 bits per heavy atom. The minimum Gasteiger partial charge on any atom is -0.377 e. The van der Waals surface area contributed by atoms with E-state index < -0.39 is 0 Å². The Labute approximate surface area is 134 Å². The minimum absolute atomic E-state index is 0.259. The van der Waals surface area contributed by atoms with Gasteiger partial charge in [0.05, 0.1) is 19.8 Å². The van der Waals surface area contributed by atoms with E-state index in [9.17, 15) is 0 Å². The van der Waals surface area contributed by atoms with Crippen LogP contribution >= 0.6 is 0 Å². The summed E-state index contributed by atoms with van der Waals surface area (Å²) in [4.78, 5) is 0. The van der Waals surface area contributed by atoms with Gasteiger partial charge in [-0.15, -0.1) is 0 Å². The molecule has 0 aromatic heterocycles. The Morgan fingerprint density at radius 3 is 2.41 bits per heavy atom. The monoisotopic (exact) mass is 304 g/mol. The van der Waals surface area contributed by atoms with Gasteiger partial charge in [-0.3, -0.25) is 0 Å². The minimum atomic E-state index is -0.370. The van der Waals surface area contributed by atoms with Gasteiger partial charge >= 0.3 is 0 Å². The molecule has 0 unspecified atom stereocenters. The van der Waals surface area contributed by atoms with Crippen LogP contribution in [0.4, 0.5) is 0 Å². The van der Waals surface area contributed by atoms with E-state index in [2.05, 4.69) is 45.0 Å². The van der Waals surface area contributed by atoms with Crippen LogP contribution in [-0.4, -0.2) is 25.6 Å². The summed E-state index contributed by atoms with van der Waals surface area (Å²) in [6, 6.07) is 10.4. The molecule has 0 radical (unpaired) electrons. The van der Waals surface area contributed by atoms with E-state index in [0.717, 1.165) is 26.2 Å². The molecule has 1 aliphatic carbocycles. The molecule has 1 heterocycles. The van der Waals surface area contributed by atoms with Crippen molar-refractivity contribution < 1.29 is 14.2 Å². The fourth-order valence-corrected chi connectivity index (χ4v) is 4.12. The average Bonchev–Trinajstić information content (AvgIpc) is 2.93. The van der Waals surface area contributed by atoms with Crippen molar-refractivity contribution in [1.82, 2.24) is 0 Å². The molecule has 1 aromatic rings. The summed E-state index contributed by atoms with van der Waals surface area (Å²) in [5.74, 6) is 0.810. The van der Waals surface area contributed by atoms with Crippen LogP contribution in [0.5, 0.6) is 0 Å². The fourth-order valence-electron chi connectivity index (χ4n) is 4.12. The maximum atomic E-state index is 5.86. The normalized spacial score (nSPS) is 29.2. The maximum Gasteiger partial charge on any atom is 0.169 e. The molecule has 0 amide bonds. The Kier molecular flexibility index (Phi) is 4.58. The molecule has 2 aliphatic rings. The maximum absolute atomic E-state index is 5.86. The number of rotatable bonds is 6. The van der Waals surface area contributed by atoms with Gasteiger partial charge < -0.3 is 14.2 Å². The van der Waals surface area contributed by atoms with Gasteiger partial charge in [0.15, 0.2) is 5.79 Å². The highest BCUT2D eigenvalue weighted by atomic mass is 16.7. The van der Waals surface area contributed by atoms with Gasteiger partial charge in [0.1, 0.15) is 0 Å². The second kappa shape index (κ2) is 6.31. The fraction of sp³-hybridized carbons (Fsp3) is 0.684. The lowest BCUT2D eigenvalue weighted by molar-refractivity contribution is -0.254. The van der Waals surface area contributed by atoms with Crippen molar-refractivity contribution >= 4 is 0 Å². The molecular formula is C19H28O3. The van der Waals surface area contributed by atoms with Gasteiger partial charge in [0, 0.05) is 12.5 Å². The molecule has 1 aromatic carbocycles.